The molecule has 0 aliphatic carbocycles. The molecule has 1 aliphatic heterocycles. The minimum absolute atomic E-state index is 0.0274. The molecule has 4 aromatic rings. The van der Waals surface area contributed by atoms with Crippen LogP contribution < -0.4 is 18.9 Å². The number of hydrogen-bond acceptors (Lipinski definition) is 10. The fourth-order valence-corrected chi connectivity index (χ4v) is 6.93. The first-order valence-electron chi connectivity index (χ1n) is 17.3. The van der Waals surface area contributed by atoms with Crippen LogP contribution >= 0.6 is 0 Å². The van der Waals surface area contributed by atoms with E-state index >= 15 is 13.2 Å². The summed E-state index contributed by atoms with van der Waals surface area (Å²) in [6, 6.07) is 19.6. The Kier molecular flexibility index (Phi) is 12.4. The Morgan fingerprint density at radius 2 is 1.12 bits per heavy atom. The van der Waals surface area contributed by atoms with Crippen molar-refractivity contribution in [1.82, 2.24) is 0 Å². The summed E-state index contributed by atoms with van der Waals surface area (Å²) < 4.78 is 133. The van der Waals surface area contributed by atoms with E-state index < -0.39 is 70.9 Å². The summed E-state index contributed by atoms with van der Waals surface area (Å²) in [7, 11) is 5.53. The molecule has 0 radical (unpaired) electrons. The molecule has 306 valence electrons. The third-order valence-electron chi connectivity index (χ3n) is 9.88. The highest BCUT2D eigenvalue weighted by Gasteiger charge is 2.66. The number of fused-ring (bicyclic) bond motifs is 1. The van der Waals surface area contributed by atoms with Gasteiger partial charge in [-0.2, -0.15) is 26.3 Å². The number of ether oxygens (including phenoxy) is 8. The average molecular weight is 807 g/mol. The molecule has 1 aliphatic rings. The topological polar surface area (TPSA) is 108 Å². The molecule has 0 saturated heterocycles. The number of hydrogen-bond donors (Lipinski definition) is 0. The van der Waals surface area contributed by atoms with Gasteiger partial charge in [0.15, 0.2) is 29.1 Å². The highest BCUT2D eigenvalue weighted by molar-refractivity contribution is 5.84. The molecule has 0 spiro atoms. The normalized spacial score (nSPS) is 18.5. The van der Waals surface area contributed by atoms with E-state index in [1.807, 2.05) is 0 Å². The quantitative estimate of drug-likeness (QED) is 0.0908. The lowest BCUT2D eigenvalue weighted by Crippen LogP contribution is -2.54. The second-order valence-corrected chi connectivity index (χ2v) is 13.0. The predicted octanol–water partition coefficient (Wildman–Crippen LogP) is 8.67. The molecule has 0 amide bonds. The third-order valence-corrected chi connectivity index (χ3v) is 9.88. The first kappa shape index (κ1) is 42.7. The molecular formula is C41H40F6O10. The van der Waals surface area contributed by atoms with E-state index in [-0.39, 0.29) is 17.1 Å². The van der Waals surface area contributed by atoms with Crippen molar-refractivity contribution in [3.05, 3.63) is 119 Å². The zero-order valence-electron chi connectivity index (χ0n) is 31.8. The predicted molar refractivity (Wildman–Crippen MR) is 191 cm³/mol. The van der Waals surface area contributed by atoms with Gasteiger partial charge in [0.1, 0.15) is 12.2 Å². The van der Waals surface area contributed by atoms with Crippen molar-refractivity contribution < 1.29 is 73.8 Å². The molecule has 10 nitrogen and oxygen atoms in total. The monoisotopic (exact) mass is 806 g/mol. The minimum atomic E-state index is -5.43. The largest absolute Gasteiger partial charge is 0.493 e. The van der Waals surface area contributed by atoms with Crippen LogP contribution in [-0.4, -0.2) is 65.9 Å². The van der Waals surface area contributed by atoms with E-state index in [1.54, 1.807) is 25.1 Å². The number of carbonyl (C=O) groups excluding carboxylic acids is 2. The van der Waals surface area contributed by atoms with Gasteiger partial charge in [-0.25, -0.2) is 9.59 Å². The van der Waals surface area contributed by atoms with Crippen LogP contribution in [0.15, 0.2) is 91.0 Å². The maximum Gasteiger partial charge on any atom is 0.432 e. The van der Waals surface area contributed by atoms with E-state index in [0.717, 1.165) is 31.2 Å². The van der Waals surface area contributed by atoms with Gasteiger partial charge in [-0.05, 0) is 36.8 Å². The Balaban J connectivity index is 1.65. The molecular weight excluding hydrogens is 766 g/mol. The van der Waals surface area contributed by atoms with Crippen molar-refractivity contribution in [3.63, 3.8) is 0 Å². The van der Waals surface area contributed by atoms with Crippen LogP contribution in [0.5, 0.6) is 23.0 Å². The summed E-state index contributed by atoms with van der Waals surface area (Å²) in [6.07, 6.45) is -15.4. The molecule has 5 rings (SSSR count). The van der Waals surface area contributed by atoms with Gasteiger partial charge in [-0.3, -0.25) is 0 Å². The number of rotatable bonds is 14. The molecule has 4 aromatic carbocycles. The van der Waals surface area contributed by atoms with Gasteiger partial charge in [0.25, 0.3) is 11.2 Å². The second kappa shape index (κ2) is 16.5. The molecule has 0 N–H and O–H groups in total. The molecule has 0 saturated carbocycles. The summed E-state index contributed by atoms with van der Waals surface area (Å²) in [5.41, 5.74) is -7.75. The Morgan fingerprint density at radius 3 is 1.58 bits per heavy atom. The smallest absolute Gasteiger partial charge is 0.432 e. The number of carbonyl (C=O) groups is 2. The maximum absolute atomic E-state index is 15.0. The number of methoxy groups -OCH3 is 5. The van der Waals surface area contributed by atoms with Crippen LogP contribution in [0.4, 0.5) is 26.3 Å². The van der Waals surface area contributed by atoms with Crippen LogP contribution in [0, 0.1) is 0 Å². The lowest BCUT2D eigenvalue weighted by molar-refractivity contribution is -0.285. The van der Waals surface area contributed by atoms with E-state index in [0.29, 0.717) is 36.8 Å². The van der Waals surface area contributed by atoms with Crippen molar-refractivity contribution in [2.24, 2.45) is 0 Å². The number of halogens is 6. The van der Waals surface area contributed by atoms with Crippen LogP contribution in [-0.2, 0) is 39.7 Å². The third kappa shape index (κ3) is 7.55. The van der Waals surface area contributed by atoms with Crippen molar-refractivity contribution in [1.29, 1.82) is 0 Å². The molecule has 0 bridgehead atoms. The van der Waals surface area contributed by atoms with Gasteiger partial charge < -0.3 is 37.9 Å². The molecule has 16 heteroatoms. The molecule has 0 unspecified atom stereocenters. The Bertz CT molecular complexity index is 2040. The average Bonchev–Trinajstić information content (AvgIpc) is 3.52. The first-order chi connectivity index (χ1) is 26.9. The first-order valence-corrected chi connectivity index (χ1v) is 17.3. The van der Waals surface area contributed by atoms with Gasteiger partial charge >= 0.3 is 24.3 Å². The Morgan fingerprint density at radius 1 is 0.632 bits per heavy atom. The van der Waals surface area contributed by atoms with Crippen LogP contribution in [0.2, 0.25) is 0 Å². The fourth-order valence-electron chi connectivity index (χ4n) is 6.93. The minimum Gasteiger partial charge on any atom is -0.493 e. The van der Waals surface area contributed by atoms with E-state index in [2.05, 4.69) is 0 Å². The van der Waals surface area contributed by atoms with Crippen LogP contribution in [0.1, 0.15) is 59.8 Å². The highest BCUT2D eigenvalue weighted by atomic mass is 19.4. The molecule has 57 heavy (non-hydrogen) atoms. The summed E-state index contributed by atoms with van der Waals surface area (Å²) >= 11 is 0. The van der Waals surface area contributed by atoms with E-state index in [9.17, 15) is 22.8 Å². The number of benzene rings is 4. The number of alkyl halides is 6. The Hall–Kier alpha value is -5.48. The van der Waals surface area contributed by atoms with Gasteiger partial charge in [-0.15, -0.1) is 0 Å². The van der Waals surface area contributed by atoms with Crippen LogP contribution in [0.3, 0.4) is 0 Å². The SMILES string of the molecule is COc1ccc([C@H]2Oc3c(OC)cc([C@@H](OC(=O)[C@](OC)(c4ccccc4)C(F)(F)F)[C@@H](C)OC(=O)[C@](OC)(c4ccccc4)C(F)(F)F)cc3[C@@H]2C)cc1OC. The molecule has 1 heterocycles. The maximum atomic E-state index is 15.0. The van der Waals surface area contributed by atoms with Crippen molar-refractivity contribution in [2.45, 2.75) is 61.6 Å². The van der Waals surface area contributed by atoms with Gasteiger partial charge in [0.2, 0.25) is 0 Å². The van der Waals surface area contributed by atoms with Crippen molar-refractivity contribution in [3.8, 4) is 23.0 Å². The zero-order valence-corrected chi connectivity index (χ0v) is 31.8. The summed E-state index contributed by atoms with van der Waals surface area (Å²) in [6.45, 7) is 2.85. The Labute approximate surface area is 324 Å². The molecule has 0 aromatic heterocycles. The highest BCUT2D eigenvalue weighted by Crippen LogP contribution is 2.53. The lowest BCUT2D eigenvalue weighted by atomic mass is 9.89. The summed E-state index contributed by atoms with van der Waals surface area (Å²) in [4.78, 5) is 27.9. The van der Waals surface area contributed by atoms with Gasteiger partial charge in [0, 0.05) is 42.4 Å². The van der Waals surface area contributed by atoms with Crippen LogP contribution in [0.25, 0.3) is 0 Å². The van der Waals surface area contributed by atoms with Gasteiger partial charge in [0.05, 0.1) is 21.3 Å². The van der Waals surface area contributed by atoms with E-state index in [1.165, 1.54) is 69.9 Å². The molecule has 0 fully saturated rings. The lowest BCUT2D eigenvalue weighted by Gasteiger charge is -2.36. The standard InChI is InChI=1S/C41H40F6O10/c1-23-29-20-26(22-32(52-5)35(29)56-33(23)25-18-19-30(50-3)31(21-25)51-4)34(57-37(49)39(54-7,41(45,46)47)28-16-12-9-13-17-28)24(2)55-36(48)38(53-6,40(42,43)44)27-14-10-8-11-15-27/h8-24,33-34H,1-7H3/t23-,24+,33-,34-,38+,39+/m0/s1. The van der Waals surface area contributed by atoms with E-state index in [4.69, 9.17) is 37.9 Å². The van der Waals surface area contributed by atoms with Crippen molar-refractivity contribution in [2.75, 3.05) is 35.5 Å². The fraction of sp³-hybridized carbons (Fsp3) is 0.366. The number of esters is 2. The van der Waals surface area contributed by atoms with Crippen molar-refractivity contribution >= 4 is 11.9 Å². The van der Waals surface area contributed by atoms with Gasteiger partial charge in [-0.1, -0.05) is 73.7 Å². The summed E-state index contributed by atoms with van der Waals surface area (Å²) in [5.74, 6) is -3.37. The molecule has 6 atom stereocenters. The second-order valence-electron chi connectivity index (χ2n) is 13.0. The summed E-state index contributed by atoms with van der Waals surface area (Å²) in [5, 5.41) is 0. The zero-order chi connectivity index (χ0) is 41.9.